The van der Waals surface area contributed by atoms with E-state index in [9.17, 15) is 4.79 Å². The summed E-state index contributed by atoms with van der Waals surface area (Å²) in [4.78, 5) is 14.7. The van der Waals surface area contributed by atoms with Crippen molar-refractivity contribution in [1.29, 1.82) is 0 Å². The molecule has 1 amide bonds. The largest absolute Gasteiger partial charge is 0.377 e. The van der Waals surface area contributed by atoms with Crippen LogP contribution in [0.1, 0.15) is 55.1 Å². The van der Waals surface area contributed by atoms with Crippen molar-refractivity contribution in [3.05, 3.63) is 17.0 Å². The summed E-state index contributed by atoms with van der Waals surface area (Å²) in [5, 5.41) is 4.49. The fourth-order valence-electron chi connectivity index (χ4n) is 3.92. The highest BCUT2D eigenvalue weighted by atomic mass is 16.5. The predicted molar refractivity (Wildman–Crippen MR) is 90.8 cm³/mol. The third-order valence-corrected chi connectivity index (χ3v) is 5.34. The quantitative estimate of drug-likeness (QED) is 0.847. The van der Waals surface area contributed by atoms with Crippen LogP contribution in [0.5, 0.6) is 0 Å². The summed E-state index contributed by atoms with van der Waals surface area (Å²) in [6.45, 7) is 5.96. The number of aryl methyl sites for hydroxylation is 2. The molecule has 1 atom stereocenters. The second kappa shape index (κ2) is 7.66. The van der Waals surface area contributed by atoms with Gasteiger partial charge in [-0.2, -0.15) is 5.10 Å². The first-order valence-corrected chi connectivity index (χ1v) is 9.07. The van der Waals surface area contributed by atoms with Gasteiger partial charge in [0.05, 0.1) is 31.1 Å². The van der Waals surface area contributed by atoms with Gasteiger partial charge < -0.3 is 14.4 Å². The van der Waals surface area contributed by atoms with Gasteiger partial charge in [0.15, 0.2) is 0 Å². The molecule has 24 heavy (non-hydrogen) atoms. The molecule has 0 spiro atoms. The lowest BCUT2D eigenvalue weighted by molar-refractivity contribution is -0.147. The normalized spacial score (nSPS) is 22.8. The lowest BCUT2D eigenvalue weighted by atomic mass is 9.98. The van der Waals surface area contributed by atoms with Crippen molar-refractivity contribution in [2.24, 2.45) is 7.05 Å². The summed E-state index contributed by atoms with van der Waals surface area (Å²) in [6, 6.07) is -0.0603. The molecule has 0 aromatic carbocycles. The van der Waals surface area contributed by atoms with Gasteiger partial charge in [-0.25, -0.2) is 0 Å². The first kappa shape index (κ1) is 17.4. The van der Waals surface area contributed by atoms with E-state index in [1.54, 1.807) is 0 Å². The molecule has 1 aliphatic carbocycles. The maximum atomic E-state index is 12.8. The molecule has 0 radical (unpaired) electrons. The van der Waals surface area contributed by atoms with Crippen LogP contribution in [0.4, 0.5) is 0 Å². The summed E-state index contributed by atoms with van der Waals surface area (Å²) in [7, 11) is 1.94. The molecule has 2 fully saturated rings. The minimum atomic E-state index is -0.0603. The second-order valence-corrected chi connectivity index (χ2v) is 6.96. The molecule has 2 heterocycles. The zero-order valence-electron chi connectivity index (χ0n) is 15.1. The zero-order chi connectivity index (χ0) is 17.1. The Morgan fingerprint density at radius 1 is 1.29 bits per heavy atom. The van der Waals surface area contributed by atoms with Crippen molar-refractivity contribution in [3.8, 4) is 0 Å². The molecular formula is C18H29N3O3. The first-order valence-electron chi connectivity index (χ1n) is 9.07. The van der Waals surface area contributed by atoms with Crippen LogP contribution in [-0.2, 0) is 21.3 Å². The monoisotopic (exact) mass is 335 g/mol. The van der Waals surface area contributed by atoms with Crippen LogP contribution < -0.4 is 0 Å². The smallest absolute Gasteiger partial charge is 0.249 e. The molecule has 1 aromatic rings. The molecule has 1 aliphatic heterocycles. The van der Waals surface area contributed by atoms with E-state index >= 15 is 0 Å². The van der Waals surface area contributed by atoms with Gasteiger partial charge in [0.2, 0.25) is 5.91 Å². The van der Waals surface area contributed by atoms with Gasteiger partial charge in [-0.1, -0.05) is 19.3 Å². The molecule has 0 N–H and O–H groups in total. The number of hydrogen-bond donors (Lipinski definition) is 0. The maximum absolute atomic E-state index is 12.8. The van der Waals surface area contributed by atoms with Crippen LogP contribution in [-0.4, -0.2) is 53.1 Å². The van der Waals surface area contributed by atoms with E-state index in [0.717, 1.165) is 29.8 Å². The number of morpholine rings is 1. The number of amides is 1. The Morgan fingerprint density at radius 2 is 2.04 bits per heavy atom. The Labute approximate surface area is 144 Å². The minimum Gasteiger partial charge on any atom is -0.377 e. The Bertz CT molecular complexity index is 578. The average Bonchev–Trinajstić information content (AvgIpc) is 2.86. The number of hydrogen-bond acceptors (Lipinski definition) is 4. The molecule has 2 aliphatic rings. The number of aromatic nitrogens is 2. The molecule has 1 aromatic heterocycles. The molecule has 134 valence electrons. The molecule has 1 unspecified atom stereocenters. The molecule has 6 heteroatoms. The van der Waals surface area contributed by atoms with E-state index in [4.69, 9.17) is 9.47 Å². The van der Waals surface area contributed by atoms with Gasteiger partial charge in [-0.3, -0.25) is 9.48 Å². The van der Waals surface area contributed by atoms with Crippen LogP contribution in [0.3, 0.4) is 0 Å². The first-order chi connectivity index (χ1) is 11.6. The van der Waals surface area contributed by atoms with Crippen LogP contribution in [0.15, 0.2) is 0 Å². The zero-order valence-corrected chi connectivity index (χ0v) is 15.1. The minimum absolute atomic E-state index is 0.0603. The SMILES string of the molecule is Cc1nn(C)c(C)c1C1COCCN1C(=O)COC1CCCCC1. The van der Waals surface area contributed by atoms with Crippen LogP contribution >= 0.6 is 0 Å². The molecule has 1 saturated carbocycles. The van der Waals surface area contributed by atoms with Gasteiger partial charge in [0.1, 0.15) is 6.61 Å². The number of rotatable bonds is 4. The molecule has 3 rings (SSSR count). The van der Waals surface area contributed by atoms with E-state index in [2.05, 4.69) is 5.10 Å². The highest BCUT2D eigenvalue weighted by Crippen LogP contribution is 2.29. The molecular weight excluding hydrogens is 306 g/mol. The van der Waals surface area contributed by atoms with Crippen molar-refractivity contribution >= 4 is 5.91 Å². The lowest BCUT2D eigenvalue weighted by Crippen LogP contribution is -2.45. The van der Waals surface area contributed by atoms with Crippen molar-refractivity contribution in [1.82, 2.24) is 14.7 Å². The van der Waals surface area contributed by atoms with Gasteiger partial charge in [0, 0.05) is 24.8 Å². The van der Waals surface area contributed by atoms with Crippen LogP contribution in [0.2, 0.25) is 0 Å². The summed E-state index contributed by atoms with van der Waals surface area (Å²) < 4.78 is 13.4. The summed E-state index contributed by atoms with van der Waals surface area (Å²) in [5.74, 6) is 0.0662. The van der Waals surface area contributed by atoms with E-state index in [1.165, 1.54) is 19.3 Å². The van der Waals surface area contributed by atoms with E-state index < -0.39 is 0 Å². The Kier molecular flexibility index (Phi) is 5.56. The van der Waals surface area contributed by atoms with Crippen molar-refractivity contribution in [2.45, 2.75) is 58.1 Å². The number of ether oxygens (including phenoxy) is 2. The third-order valence-electron chi connectivity index (χ3n) is 5.34. The number of nitrogens with zero attached hydrogens (tertiary/aromatic N) is 3. The predicted octanol–water partition coefficient (Wildman–Crippen LogP) is 2.29. The van der Waals surface area contributed by atoms with Gasteiger partial charge >= 0.3 is 0 Å². The highest BCUT2D eigenvalue weighted by Gasteiger charge is 2.32. The fraction of sp³-hybridized carbons (Fsp3) is 0.778. The molecule has 0 bridgehead atoms. The summed E-state index contributed by atoms with van der Waals surface area (Å²) >= 11 is 0. The van der Waals surface area contributed by atoms with Crippen molar-refractivity contribution < 1.29 is 14.3 Å². The van der Waals surface area contributed by atoms with E-state index in [1.807, 2.05) is 30.5 Å². The van der Waals surface area contributed by atoms with Gasteiger partial charge in [-0.05, 0) is 26.7 Å². The average molecular weight is 335 g/mol. The van der Waals surface area contributed by atoms with E-state index in [0.29, 0.717) is 19.8 Å². The Hall–Kier alpha value is -1.40. The standard InChI is InChI=1S/C18H29N3O3/c1-13-18(14(2)20(3)19-13)16-11-23-10-9-21(16)17(22)12-24-15-7-5-4-6-8-15/h15-16H,4-12H2,1-3H3. The fourth-order valence-corrected chi connectivity index (χ4v) is 3.92. The van der Waals surface area contributed by atoms with Crippen molar-refractivity contribution in [3.63, 3.8) is 0 Å². The molecule has 1 saturated heterocycles. The summed E-state index contributed by atoms with van der Waals surface area (Å²) in [5.41, 5.74) is 3.17. The van der Waals surface area contributed by atoms with Crippen LogP contribution in [0, 0.1) is 13.8 Å². The van der Waals surface area contributed by atoms with Gasteiger partial charge in [-0.15, -0.1) is 0 Å². The maximum Gasteiger partial charge on any atom is 0.249 e. The number of carbonyl (C=O) groups excluding carboxylic acids is 1. The third kappa shape index (κ3) is 3.64. The Morgan fingerprint density at radius 3 is 2.71 bits per heavy atom. The number of carbonyl (C=O) groups is 1. The lowest BCUT2D eigenvalue weighted by Gasteiger charge is -2.36. The topological polar surface area (TPSA) is 56.6 Å². The van der Waals surface area contributed by atoms with Gasteiger partial charge in [0.25, 0.3) is 0 Å². The highest BCUT2D eigenvalue weighted by molar-refractivity contribution is 5.78. The summed E-state index contributed by atoms with van der Waals surface area (Å²) in [6.07, 6.45) is 6.14. The second-order valence-electron chi connectivity index (χ2n) is 6.96. The van der Waals surface area contributed by atoms with E-state index in [-0.39, 0.29) is 24.7 Å². The van der Waals surface area contributed by atoms with Crippen molar-refractivity contribution in [2.75, 3.05) is 26.4 Å². The molecule has 6 nitrogen and oxygen atoms in total. The van der Waals surface area contributed by atoms with Crippen LogP contribution in [0.25, 0.3) is 0 Å². The Balaban J connectivity index is 1.68.